The van der Waals surface area contributed by atoms with Gasteiger partial charge in [0, 0.05) is 12.1 Å². The number of carbonyl (C=O) groups is 2. The summed E-state index contributed by atoms with van der Waals surface area (Å²) >= 11 is 0. The zero-order chi connectivity index (χ0) is 15.0. The molecule has 3 rings (SSSR count). The summed E-state index contributed by atoms with van der Waals surface area (Å²) in [5, 5.41) is 12.7. The third kappa shape index (κ3) is 2.49. The normalized spacial score (nSPS) is 14.1. The van der Waals surface area contributed by atoms with Crippen LogP contribution in [-0.4, -0.2) is 27.1 Å². The molecule has 0 bridgehead atoms. The molecule has 0 saturated heterocycles. The quantitative estimate of drug-likeness (QED) is 0.920. The van der Waals surface area contributed by atoms with Crippen LogP contribution in [0.15, 0.2) is 22.7 Å². The van der Waals surface area contributed by atoms with Crippen molar-refractivity contribution in [1.82, 2.24) is 10.1 Å². The predicted molar refractivity (Wildman–Crippen MR) is 71.9 cm³/mol. The van der Waals surface area contributed by atoms with Crippen molar-refractivity contribution in [2.45, 2.75) is 26.3 Å². The van der Waals surface area contributed by atoms with Crippen LogP contribution in [0.1, 0.15) is 34.1 Å². The monoisotopic (exact) mass is 287 g/mol. The van der Waals surface area contributed by atoms with Crippen LogP contribution in [0.3, 0.4) is 0 Å². The first-order valence-electron chi connectivity index (χ1n) is 6.50. The van der Waals surface area contributed by atoms with Crippen LogP contribution in [0.5, 0.6) is 0 Å². The van der Waals surface area contributed by atoms with Gasteiger partial charge in [-0.15, -0.1) is 0 Å². The zero-order valence-electron chi connectivity index (χ0n) is 11.4. The van der Waals surface area contributed by atoms with E-state index in [1.165, 1.54) is 6.07 Å². The standard InChI is InChI=1S/C14H13N3O4/c1-8-15-12(21-16-8)7-17-11-4-2-10(14(19)20)6-9(11)3-5-13(17)18/h2,4,6H,3,5,7H2,1H3,(H,19,20). The van der Waals surface area contributed by atoms with Crippen molar-refractivity contribution in [3.8, 4) is 0 Å². The number of anilines is 1. The van der Waals surface area contributed by atoms with Crippen molar-refractivity contribution in [3.05, 3.63) is 41.0 Å². The molecule has 108 valence electrons. The number of hydrogen-bond acceptors (Lipinski definition) is 5. The summed E-state index contributed by atoms with van der Waals surface area (Å²) in [6, 6.07) is 4.75. The molecule has 7 heteroatoms. The second-order valence-electron chi connectivity index (χ2n) is 4.86. The Morgan fingerprint density at radius 3 is 2.90 bits per heavy atom. The minimum atomic E-state index is -0.978. The van der Waals surface area contributed by atoms with Gasteiger partial charge < -0.3 is 14.5 Å². The largest absolute Gasteiger partial charge is 0.478 e. The number of fused-ring (bicyclic) bond motifs is 1. The lowest BCUT2D eigenvalue weighted by Crippen LogP contribution is -2.34. The van der Waals surface area contributed by atoms with Crippen LogP contribution in [0.4, 0.5) is 5.69 Å². The Morgan fingerprint density at radius 1 is 1.43 bits per heavy atom. The molecule has 0 radical (unpaired) electrons. The summed E-state index contributed by atoms with van der Waals surface area (Å²) in [6.07, 6.45) is 0.873. The molecule has 1 aliphatic rings. The van der Waals surface area contributed by atoms with E-state index in [0.29, 0.717) is 30.2 Å². The lowest BCUT2D eigenvalue weighted by Gasteiger charge is -2.28. The van der Waals surface area contributed by atoms with Crippen LogP contribution in [0.25, 0.3) is 0 Å². The van der Waals surface area contributed by atoms with Crippen molar-refractivity contribution >= 4 is 17.6 Å². The van der Waals surface area contributed by atoms with E-state index in [4.69, 9.17) is 9.63 Å². The maximum atomic E-state index is 12.1. The Bertz CT molecular complexity index is 723. The first kappa shape index (κ1) is 13.3. The van der Waals surface area contributed by atoms with Crippen LogP contribution in [0.2, 0.25) is 0 Å². The second-order valence-corrected chi connectivity index (χ2v) is 4.86. The van der Waals surface area contributed by atoms with Crippen molar-refractivity contribution < 1.29 is 19.2 Å². The van der Waals surface area contributed by atoms with E-state index in [9.17, 15) is 9.59 Å². The lowest BCUT2D eigenvalue weighted by molar-refractivity contribution is -0.119. The number of carboxylic acid groups (broad SMARTS) is 1. The molecule has 0 aliphatic carbocycles. The molecule has 1 N–H and O–H groups in total. The molecule has 1 aliphatic heterocycles. The molecule has 7 nitrogen and oxygen atoms in total. The summed E-state index contributed by atoms with van der Waals surface area (Å²) in [7, 11) is 0. The maximum absolute atomic E-state index is 12.1. The number of carbonyl (C=O) groups excluding carboxylic acids is 1. The molecule has 0 spiro atoms. The lowest BCUT2D eigenvalue weighted by atomic mass is 9.98. The molecule has 1 amide bonds. The molecule has 0 saturated carbocycles. The number of benzene rings is 1. The van der Waals surface area contributed by atoms with Crippen LogP contribution in [-0.2, 0) is 17.8 Å². The van der Waals surface area contributed by atoms with Gasteiger partial charge in [-0.25, -0.2) is 4.79 Å². The van der Waals surface area contributed by atoms with Gasteiger partial charge in [0.15, 0.2) is 5.82 Å². The topological polar surface area (TPSA) is 96.5 Å². The number of aryl methyl sites for hydroxylation is 2. The molecule has 1 aromatic heterocycles. The minimum absolute atomic E-state index is 0.0403. The van der Waals surface area contributed by atoms with Crippen LogP contribution >= 0.6 is 0 Å². The van der Waals surface area contributed by atoms with Gasteiger partial charge in [-0.1, -0.05) is 5.16 Å². The SMILES string of the molecule is Cc1noc(CN2C(=O)CCc3cc(C(=O)O)ccc32)n1. The number of rotatable bonds is 3. The van der Waals surface area contributed by atoms with Gasteiger partial charge in [-0.2, -0.15) is 4.98 Å². The Kier molecular flexibility index (Phi) is 3.17. The van der Waals surface area contributed by atoms with Gasteiger partial charge >= 0.3 is 5.97 Å². The smallest absolute Gasteiger partial charge is 0.335 e. The number of aromatic nitrogens is 2. The Balaban J connectivity index is 1.95. The summed E-state index contributed by atoms with van der Waals surface area (Å²) in [5.74, 6) is -0.151. The highest BCUT2D eigenvalue weighted by atomic mass is 16.5. The van der Waals surface area contributed by atoms with Gasteiger partial charge in [0.2, 0.25) is 11.8 Å². The van der Waals surface area contributed by atoms with E-state index in [1.54, 1.807) is 24.0 Å². The molecule has 1 aromatic carbocycles. The zero-order valence-corrected chi connectivity index (χ0v) is 11.4. The number of amides is 1. The molecular weight excluding hydrogens is 274 g/mol. The van der Waals surface area contributed by atoms with Crippen molar-refractivity contribution in [2.24, 2.45) is 0 Å². The van der Waals surface area contributed by atoms with E-state index in [2.05, 4.69) is 10.1 Å². The average Bonchev–Trinajstić information content (AvgIpc) is 2.87. The molecule has 0 fully saturated rings. The number of hydrogen-bond donors (Lipinski definition) is 1. The molecule has 0 unspecified atom stereocenters. The first-order valence-corrected chi connectivity index (χ1v) is 6.50. The van der Waals surface area contributed by atoms with E-state index in [0.717, 1.165) is 5.56 Å². The van der Waals surface area contributed by atoms with Crippen molar-refractivity contribution in [3.63, 3.8) is 0 Å². The summed E-state index contributed by atoms with van der Waals surface area (Å²) in [6.45, 7) is 1.90. The third-order valence-electron chi connectivity index (χ3n) is 3.39. The summed E-state index contributed by atoms with van der Waals surface area (Å²) in [5.41, 5.74) is 1.76. The predicted octanol–water partition coefficient (Wildman–Crippen LogP) is 1.56. The Hall–Kier alpha value is -2.70. The summed E-state index contributed by atoms with van der Waals surface area (Å²) < 4.78 is 5.04. The third-order valence-corrected chi connectivity index (χ3v) is 3.39. The van der Waals surface area contributed by atoms with Crippen molar-refractivity contribution in [2.75, 3.05) is 4.90 Å². The fourth-order valence-electron chi connectivity index (χ4n) is 2.41. The molecule has 21 heavy (non-hydrogen) atoms. The minimum Gasteiger partial charge on any atom is -0.478 e. The van der Waals surface area contributed by atoms with Gasteiger partial charge in [-0.3, -0.25) is 4.79 Å². The Morgan fingerprint density at radius 2 is 2.24 bits per heavy atom. The number of carboxylic acids is 1. The molecule has 2 heterocycles. The van der Waals surface area contributed by atoms with E-state index >= 15 is 0 Å². The highest BCUT2D eigenvalue weighted by Gasteiger charge is 2.26. The van der Waals surface area contributed by atoms with Crippen LogP contribution < -0.4 is 4.90 Å². The summed E-state index contributed by atoms with van der Waals surface area (Å²) in [4.78, 5) is 28.8. The highest BCUT2D eigenvalue weighted by Crippen LogP contribution is 2.30. The van der Waals surface area contributed by atoms with Crippen LogP contribution in [0, 0.1) is 6.92 Å². The molecule has 2 aromatic rings. The Labute approximate surface area is 120 Å². The molecular formula is C14H13N3O4. The number of nitrogens with zero attached hydrogens (tertiary/aromatic N) is 3. The van der Waals surface area contributed by atoms with Crippen molar-refractivity contribution in [1.29, 1.82) is 0 Å². The van der Waals surface area contributed by atoms with Gasteiger partial charge in [-0.05, 0) is 37.1 Å². The van der Waals surface area contributed by atoms with Gasteiger partial charge in [0.1, 0.15) is 6.54 Å². The fraction of sp³-hybridized carbons (Fsp3) is 0.286. The molecule has 0 atom stereocenters. The second kappa shape index (κ2) is 5.01. The fourth-order valence-corrected chi connectivity index (χ4v) is 2.41. The van der Waals surface area contributed by atoms with E-state index in [-0.39, 0.29) is 18.0 Å². The number of aromatic carboxylic acids is 1. The average molecular weight is 287 g/mol. The highest BCUT2D eigenvalue weighted by molar-refractivity contribution is 5.97. The first-order chi connectivity index (χ1) is 10.0. The van der Waals surface area contributed by atoms with Gasteiger partial charge in [0.05, 0.1) is 5.56 Å². The maximum Gasteiger partial charge on any atom is 0.335 e. The van der Waals surface area contributed by atoms with E-state index < -0.39 is 5.97 Å². The van der Waals surface area contributed by atoms with E-state index in [1.807, 2.05) is 0 Å². The van der Waals surface area contributed by atoms with Gasteiger partial charge in [0.25, 0.3) is 0 Å².